The van der Waals surface area contributed by atoms with Crippen LogP contribution < -0.4 is 11.3 Å². The van der Waals surface area contributed by atoms with Crippen LogP contribution in [-0.4, -0.2) is 10.5 Å². The highest BCUT2D eigenvalue weighted by Gasteiger charge is 2.08. The number of pyridine rings is 1. The Morgan fingerprint density at radius 2 is 1.75 bits per heavy atom. The van der Waals surface area contributed by atoms with E-state index >= 15 is 0 Å². The lowest BCUT2D eigenvalue weighted by Crippen LogP contribution is -2.28. The van der Waals surface area contributed by atoms with Gasteiger partial charge in [-0.15, -0.1) is 0 Å². The first kappa shape index (κ1) is 10.2. The number of carbonyl (C=O) groups is 1. The van der Waals surface area contributed by atoms with E-state index in [-0.39, 0.29) is 5.56 Å². The van der Waals surface area contributed by atoms with Gasteiger partial charge in [-0.25, -0.2) is 0 Å². The Kier molecular flexibility index (Phi) is 2.55. The van der Waals surface area contributed by atoms with Gasteiger partial charge in [-0.05, 0) is 24.3 Å². The Bertz CT molecular complexity index is 573. The highest BCUT2D eigenvalue weighted by Crippen LogP contribution is 2.03. The Balaban J connectivity index is 2.64. The zero-order valence-electron chi connectivity index (χ0n) is 8.46. The standard InChI is InChI=1S/C12H10N2O2/c13-11(15)10-7-4-8-14(12(10)16)9-5-2-1-3-6-9/h1-8H,(H2,13,15). The lowest BCUT2D eigenvalue weighted by Gasteiger charge is -2.05. The second kappa shape index (κ2) is 4.02. The number of nitrogens with zero attached hydrogens (tertiary/aromatic N) is 1. The van der Waals surface area contributed by atoms with Crippen LogP contribution in [0.3, 0.4) is 0 Å². The van der Waals surface area contributed by atoms with Crippen molar-refractivity contribution in [3.05, 3.63) is 64.6 Å². The van der Waals surface area contributed by atoms with Crippen molar-refractivity contribution >= 4 is 5.91 Å². The molecule has 2 aromatic rings. The van der Waals surface area contributed by atoms with Crippen molar-refractivity contribution < 1.29 is 4.79 Å². The Labute approximate surface area is 91.9 Å². The number of benzene rings is 1. The van der Waals surface area contributed by atoms with Gasteiger partial charge < -0.3 is 5.73 Å². The van der Waals surface area contributed by atoms with Crippen molar-refractivity contribution in [1.82, 2.24) is 4.57 Å². The van der Waals surface area contributed by atoms with Crippen LogP contribution in [0, 0.1) is 0 Å². The fourth-order valence-corrected chi connectivity index (χ4v) is 1.47. The van der Waals surface area contributed by atoms with Gasteiger partial charge in [0.15, 0.2) is 0 Å². The summed E-state index contributed by atoms with van der Waals surface area (Å²) in [6, 6.07) is 12.1. The summed E-state index contributed by atoms with van der Waals surface area (Å²) in [6.45, 7) is 0. The summed E-state index contributed by atoms with van der Waals surface area (Å²) in [6.07, 6.45) is 1.60. The number of primary amides is 1. The van der Waals surface area contributed by atoms with E-state index in [1.807, 2.05) is 18.2 Å². The fraction of sp³-hybridized carbons (Fsp3) is 0. The molecule has 0 aliphatic carbocycles. The minimum atomic E-state index is -0.713. The van der Waals surface area contributed by atoms with Crippen molar-refractivity contribution in [2.45, 2.75) is 0 Å². The highest BCUT2D eigenvalue weighted by molar-refractivity contribution is 5.92. The molecule has 16 heavy (non-hydrogen) atoms. The number of hydrogen-bond acceptors (Lipinski definition) is 2. The molecule has 1 aromatic heterocycles. The number of nitrogens with two attached hydrogens (primary N) is 1. The minimum absolute atomic E-state index is 0.00801. The fourth-order valence-electron chi connectivity index (χ4n) is 1.47. The first-order valence-electron chi connectivity index (χ1n) is 4.77. The summed E-state index contributed by atoms with van der Waals surface area (Å²) < 4.78 is 1.39. The van der Waals surface area contributed by atoms with E-state index in [9.17, 15) is 9.59 Å². The van der Waals surface area contributed by atoms with Crippen molar-refractivity contribution in [2.24, 2.45) is 5.73 Å². The lowest BCUT2D eigenvalue weighted by molar-refractivity contribution is 0.0998. The van der Waals surface area contributed by atoms with Crippen LogP contribution in [-0.2, 0) is 0 Å². The SMILES string of the molecule is NC(=O)c1cccn(-c2ccccc2)c1=O. The molecule has 0 fully saturated rings. The molecule has 1 heterocycles. The van der Waals surface area contributed by atoms with Crippen molar-refractivity contribution in [2.75, 3.05) is 0 Å². The van der Waals surface area contributed by atoms with Crippen LogP contribution in [0.2, 0.25) is 0 Å². The third kappa shape index (κ3) is 1.72. The number of para-hydroxylation sites is 1. The Morgan fingerprint density at radius 1 is 1.06 bits per heavy atom. The number of hydrogen-bond donors (Lipinski definition) is 1. The molecule has 0 aliphatic heterocycles. The van der Waals surface area contributed by atoms with Gasteiger partial charge >= 0.3 is 0 Å². The largest absolute Gasteiger partial charge is 0.365 e. The lowest BCUT2D eigenvalue weighted by atomic mass is 10.2. The Hall–Kier alpha value is -2.36. The molecule has 0 radical (unpaired) electrons. The maximum atomic E-state index is 11.9. The first-order valence-corrected chi connectivity index (χ1v) is 4.77. The van der Waals surface area contributed by atoms with E-state index in [1.54, 1.807) is 24.4 Å². The van der Waals surface area contributed by atoms with Crippen molar-refractivity contribution in [1.29, 1.82) is 0 Å². The third-order valence-electron chi connectivity index (χ3n) is 2.25. The van der Waals surface area contributed by atoms with Crippen LogP contribution >= 0.6 is 0 Å². The molecule has 1 aromatic carbocycles. The molecular formula is C12H10N2O2. The summed E-state index contributed by atoms with van der Waals surface area (Å²) >= 11 is 0. The third-order valence-corrected chi connectivity index (χ3v) is 2.25. The van der Waals surface area contributed by atoms with E-state index in [2.05, 4.69) is 0 Å². The average Bonchev–Trinajstić information content (AvgIpc) is 2.30. The molecule has 4 heteroatoms. The maximum Gasteiger partial charge on any atom is 0.267 e. The Morgan fingerprint density at radius 3 is 2.38 bits per heavy atom. The minimum Gasteiger partial charge on any atom is -0.365 e. The molecule has 0 atom stereocenters. The number of aromatic nitrogens is 1. The van der Waals surface area contributed by atoms with E-state index in [4.69, 9.17) is 5.73 Å². The predicted octanol–water partition coefficient (Wildman–Crippen LogP) is 0.936. The van der Waals surface area contributed by atoms with Crippen LogP contribution in [0.25, 0.3) is 5.69 Å². The molecule has 0 saturated carbocycles. The summed E-state index contributed by atoms with van der Waals surface area (Å²) in [5.74, 6) is -0.713. The molecule has 4 nitrogen and oxygen atoms in total. The normalized spacial score (nSPS) is 10.0. The van der Waals surface area contributed by atoms with Crippen molar-refractivity contribution in [3.63, 3.8) is 0 Å². The molecule has 0 bridgehead atoms. The van der Waals surface area contributed by atoms with Crippen molar-refractivity contribution in [3.8, 4) is 5.69 Å². The molecule has 80 valence electrons. The zero-order chi connectivity index (χ0) is 11.5. The van der Waals surface area contributed by atoms with Gasteiger partial charge in [-0.2, -0.15) is 0 Å². The molecule has 0 saturated heterocycles. The quantitative estimate of drug-likeness (QED) is 0.808. The predicted molar refractivity (Wildman–Crippen MR) is 60.6 cm³/mol. The molecule has 2 rings (SSSR count). The van der Waals surface area contributed by atoms with Crippen LogP contribution in [0.5, 0.6) is 0 Å². The molecular weight excluding hydrogens is 204 g/mol. The van der Waals surface area contributed by atoms with Gasteiger partial charge in [-0.3, -0.25) is 14.2 Å². The monoisotopic (exact) mass is 214 g/mol. The highest BCUT2D eigenvalue weighted by atomic mass is 16.2. The van der Waals surface area contributed by atoms with Gasteiger partial charge in [0.2, 0.25) is 0 Å². The van der Waals surface area contributed by atoms with Gasteiger partial charge in [0.05, 0.1) is 0 Å². The van der Waals surface area contributed by atoms with E-state index in [0.29, 0.717) is 5.69 Å². The molecule has 0 unspecified atom stereocenters. The van der Waals surface area contributed by atoms with E-state index < -0.39 is 11.5 Å². The summed E-state index contributed by atoms with van der Waals surface area (Å²) in [5, 5.41) is 0. The zero-order valence-corrected chi connectivity index (χ0v) is 8.46. The summed E-state index contributed by atoms with van der Waals surface area (Å²) in [5.41, 5.74) is 5.40. The summed E-state index contributed by atoms with van der Waals surface area (Å²) in [4.78, 5) is 22.9. The van der Waals surface area contributed by atoms with Gasteiger partial charge in [0, 0.05) is 11.9 Å². The maximum absolute atomic E-state index is 11.9. The topological polar surface area (TPSA) is 65.1 Å². The second-order valence-electron chi connectivity index (χ2n) is 3.30. The summed E-state index contributed by atoms with van der Waals surface area (Å²) in [7, 11) is 0. The first-order chi connectivity index (χ1) is 7.70. The number of carbonyl (C=O) groups excluding carboxylic acids is 1. The number of amides is 1. The van der Waals surface area contributed by atoms with Gasteiger partial charge in [0.1, 0.15) is 5.56 Å². The smallest absolute Gasteiger partial charge is 0.267 e. The average molecular weight is 214 g/mol. The van der Waals surface area contributed by atoms with E-state index in [0.717, 1.165) is 0 Å². The molecule has 1 amide bonds. The van der Waals surface area contributed by atoms with Crippen LogP contribution in [0.1, 0.15) is 10.4 Å². The van der Waals surface area contributed by atoms with Gasteiger partial charge in [0.25, 0.3) is 11.5 Å². The second-order valence-corrected chi connectivity index (χ2v) is 3.30. The van der Waals surface area contributed by atoms with Crippen LogP contribution in [0.4, 0.5) is 0 Å². The number of rotatable bonds is 2. The molecule has 0 spiro atoms. The van der Waals surface area contributed by atoms with E-state index in [1.165, 1.54) is 10.6 Å². The van der Waals surface area contributed by atoms with Crippen LogP contribution in [0.15, 0.2) is 53.5 Å². The molecule has 0 aliphatic rings. The van der Waals surface area contributed by atoms with Gasteiger partial charge in [-0.1, -0.05) is 18.2 Å². The molecule has 2 N–H and O–H groups in total.